The average molecular weight is 328 g/mol. The van der Waals surface area contributed by atoms with E-state index in [4.69, 9.17) is 9.73 Å². The van der Waals surface area contributed by atoms with Crippen LogP contribution in [0.25, 0.3) is 0 Å². The number of piperazine rings is 1. The first-order valence-corrected chi connectivity index (χ1v) is 9.16. The fourth-order valence-electron chi connectivity index (χ4n) is 2.64. The van der Waals surface area contributed by atoms with Crippen molar-refractivity contribution < 1.29 is 4.74 Å². The van der Waals surface area contributed by atoms with E-state index in [1.54, 1.807) is 0 Å². The summed E-state index contributed by atoms with van der Waals surface area (Å²) in [4.78, 5) is 9.68. The molecule has 0 bridgehead atoms. The summed E-state index contributed by atoms with van der Waals surface area (Å²) in [5, 5.41) is 6.70. The molecule has 0 aromatic carbocycles. The van der Waals surface area contributed by atoms with Crippen molar-refractivity contribution in [3.63, 3.8) is 0 Å². The molecule has 6 heteroatoms. The van der Waals surface area contributed by atoms with Crippen molar-refractivity contribution >= 4 is 5.96 Å². The van der Waals surface area contributed by atoms with Crippen LogP contribution in [0.5, 0.6) is 0 Å². The molecule has 0 saturated carbocycles. The van der Waals surface area contributed by atoms with Crippen molar-refractivity contribution in [1.82, 2.24) is 20.4 Å². The van der Waals surface area contributed by atoms with Crippen LogP contribution in [0, 0.1) is 5.92 Å². The van der Waals surface area contributed by atoms with E-state index in [0.29, 0.717) is 5.92 Å². The average Bonchev–Trinajstić information content (AvgIpc) is 2.54. The molecule has 0 spiro atoms. The molecular weight excluding hydrogens is 290 g/mol. The normalized spacial score (nSPS) is 18.9. The predicted molar refractivity (Wildman–Crippen MR) is 98.2 cm³/mol. The summed E-state index contributed by atoms with van der Waals surface area (Å²) in [6, 6.07) is 0. The van der Waals surface area contributed by atoms with Gasteiger partial charge in [-0.1, -0.05) is 6.92 Å². The van der Waals surface area contributed by atoms with Crippen molar-refractivity contribution in [3.05, 3.63) is 0 Å². The number of guanidine groups is 1. The molecule has 0 aliphatic carbocycles. The summed E-state index contributed by atoms with van der Waals surface area (Å²) in [6.45, 7) is 16.5. The Morgan fingerprint density at radius 2 is 1.91 bits per heavy atom. The van der Waals surface area contributed by atoms with Crippen LogP contribution in [0.2, 0.25) is 0 Å². The van der Waals surface area contributed by atoms with E-state index < -0.39 is 0 Å². The lowest BCUT2D eigenvalue weighted by Crippen LogP contribution is -2.46. The Labute approximate surface area is 142 Å². The van der Waals surface area contributed by atoms with Gasteiger partial charge in [0, 0.05) is 65.6 Å². The fourth-order valence-corrected chi connectivity index (χ4v) is 2.64. The van der Waals surface area contributed by atoms with Crippen LogP contribution in [-0.4, -0.2) is 88.4 Å². The van der Waals surface area contributed by atoms with Crippen LogP contribution in [0.4, 0.5) is 0 Å². The van der Waals surface area contributed by atoms with Gasteiger partial charge in [0.2, 0.25) is 0 Å². The topological polar surface area (TPSA) is 52.1 Å². The first-order chi connectivity index (χ1) is 11.2. The lowest BCUT2D eigenvalue weighted by atomic mass is 10.1. The van der Waals surface area contributed by atoms with Gasteiger partial charge >= 0.3 is 0 Å². The second-order valence-electron chi connectivity index (χ2n) is 6.41. The molecule has 23 heavy (non-hydrogen) atoms. The lowest BCUT2D eigenvalue weighted by molar-refractivity contribution is 0.140. The third-order valence-electron chi connectivity index (χ3n) is 4.03. The standard InChI is InChI=1S/C17H37N5O/c1-5-18-17(19-8-7-13-23-6-2)20-14-16(3)15-22-11-9-21(4)10-12-22/h16H,5-15H2,1-4H3,(H2,18,19,20). The van der Waals surface area contributed by atoms with E-state index in [2.05, 4.69) is 41.3 Å². The largest absolute Gasteiger partial charge is 0.382 e. The Morgan fingerprint density at radius 1 is 1.17 bits per heavy atom. The highest BCUT2D eigenvalue weighted by Gasteiger charge is 2.15. The lowest BCUT2D eigenvalue weighted by Gasteiger charge is -2.33. The van der Waals surface area contributed by atoms with E-state index in [-0.39, 0.29) is 0 Å². The van der Waals surface area contributed by atoms with Crippen molar-refractivity contribution in [1.29, 1.82) is 0 Å². The van der Waals surface area contributed by atoms with Crippen molar-refractivity contribution in [2.75, 3.05) is 72.6 Å². The zero-order chi connectivity index (χ0) is 16.9. The maximum absolute atomic E-state index is 5.36. The van der Waals surface area contributed by atoms with E-state index in [9.17, 15) is 0 Å². The van der Waals surface area contributed by atoms with Crippen LogP contribution >= 0.6 is 0 Å². The molecule has 0 amide bonds. The first-order valence-electron chi connectivity index (χ1n) is 9.16. The fraction of sp³-hybridized carbons (Fsp3) is 0.941. The Balaban J connectivity index is 2.25. The molecule has 0 aromatic heterocycles. The van der Waals surface area contributed by atoms with Gasteiger partial charge in [-0.05, 0) is 33.2 Å². The van der Waals surface area contributed by atoms with Crippen LogP contribution in [0.1, 0.15) is 27.2 Å². The Bertz CT molecular complexity index is 316. The monoisotopic (exact) mass is 327 g/mol. The molecule has 1 saturated heterocycles. The van der Waals surface area contributed by atoms with Crippen molar-refractivity contribution in [2.24, 2.45) is 10.9 Å². The highest BCUT2D eigenvalue weighted by Crippen LogP contribution is 2.04. The van der Waals surface area contributed by atoms with Gasteiger partial charge in [-0.3, -0.25) is 4.99 Å². The van der Waals surface area contributed by atoms with E-state index in [0.717, 1.165) is 51.8 Å². The molecule has 1 fully saturated rings. The maximum Gasteiger partial charge on any atom is 0.191 e. The summed E-state index contributed by atoms with van der Waals surface area (Å²) in [5.74, 6) is 1.51. The molecule has 1 heterocycles. The second-order valence-corrected chi connectivity index (χ2v) is 6.41. The summed E-state index contributed by atoms with van der Waals surface area (Å²) < 4.78 is 5.36. The van der Waals surface area contributed by atoms with Crippen molar-refractivity contribution in [2.45, 2.75) is 27.2 Å². The highest BCUT2D eigenvalue weighted by molar-refractivity contribution is 5.79. The smallest absolute Gasteiger partial charge is 0.191 e. The first kappa shape index (κ1) is 20.2. The number of hydrogen-bond acceptors (Lipinski definition) is 4. The number of ether oxygens (including phenoxy) is 1. The molecule has 2 N–H and O–H groups in total. The van der Waals surface area contributed by atoms with Crippen LogP contribution in [0.3, 0.4) is 0 Å². The van der Waals surface area contributed by atoms with Gasteiger partial charge < -0.3 is 25.2 Å². The minimum atomic E-state index is 0.581. The molecule has 1 rings (SSSR count). The van der Waals surface area contributed by atoms with Gasteiger partial charge in [-0.15, -0.1) is 0 Å². The van der Waals surface area contributed by atoms with Gasteiger partial charge in [0.1, 0.15) is 0 Å². The number of rotatable bonds is 10. The van der Waals surface area contributed by atoms with Gasteiger partial charge in [-0.2, -0.15) is 0 Å². The summed E-state index contributed by atoms with van der Waals surface area (Å²) >= 11 is 0. The van der Waals surface area contributed by atoms with Crippen molar-refractivity contribution in [3.8, 4) is 0 Å². The summed E-state index contributed by atoms with van der Waals surface area (Å²) in [5.41, 5.74) is 0. The zero-order valence-electron chi connectivity index (χ0n) is 15.6. The summed E-state index contributed by atoms with van der Waals surface area (Å²) in [6.07, 6.45) is 1.01. The van der Waals surface area contributed by atoms with E-state index >= 15 is 0 Å². The summed E-state index contributed by atoms with van der Waals surface area (Å²) in [7, 11) is 2.20. The van der Waals surface area contributed by atoms with Crippen LogP contribution in [0.15, 0.2) is 4.99 Å². The molecule has 1 atom stereocenters. The van der Waals surface area contributed by atoms with E-state index in [1.165, 1.54) is 26.2 Å². The van der Waals surface area contributed by atoms with Gasteiger partial charge in [-0.25, -0.2) is 0 Å². The number of likely N-dealkylation sites (N-methyl/N-ethyl adjacent to an activating group) is 1. The molecule has 0 aromatic rings. The third-order valence-corrected chi connectivity index (χ3v) is 4.03. The molecule has 1 unspecified atom stereocenters. The number of hydrogen-bond donors (Lipinski definition) is 2. The zero-order valence-corrected chi connectivity index (χ0v) is 15.6. The van der Waals surface area contributed by atoms with Crippen LogP contribution < -0.4 is 10.6 Å². The highest BCUT2D eigenvalue weighted by atomic mass is 16.5. The molecule has 0 radical (unpaired) electrons. The Hall–Kier alpha value is -0.850. The molecule has 6 nitrogen and oxygen atoms in total. The molecule has 1 aliphatic rings. The van der Waals surface area contributed by atoms with Gasteiger partial charge in [0.05, 0.1) is 0 Å². The molecule has 1 aliphatic heterocycles. The maximum atomic E-state index is 5.36. The number of nitrogens with zero attached hydrogens (tertiary/aromatic N) is 3. The Morgan fingerprint density at radius 3 is 2.57 bits per heavy atom. The SMILES string of the molecule is CCNC(=NCC(C)CN1CCN(C)CC1)NCCCOCC. The third kappa shape index (κ3) is 9.79. The molecular formula is C17H37N5O. The quantitative estimate of drug-likeness (QED) is 0.354. The minimum Gasteiger partial charge on any atom is -0.382 e. The predicted octanol–water partition coefficient (Wildman–Crippen LogP) is 0.852. The van der Waals surface area contributed by atoms with Crippen LogP contribution in [-0.2, 0) is 4.74 Å². The molecule has 136 valence electrons. The van der Waals surface area contributed by atoms with Gasteiger partial charge in [0.15, 0.2) is 5.96 Å². The number of nitrogens with one attached hydrogen (secondary N) is 2. The minimum absolute atomic E-state index is 0.581. The van der Waals surface area contributed by atoms with E-state index in [1.807, 2.05) is 6.92 Å². The second kappa shape index (κ2) is 12.6. The van der Waals surface area contributed by atoms with Gasteiger partial charge in [0.25, 0.3) is 0 Å². The number of aliphatic imine (C=N–C) groups is 1. The Kier molecular flexibility index (Phi) is 11.0.